The Kier molecular flexibility index (Phi) is 15.0. The van der Waals surface area contributed by atoms with Crippen LogP contribution < -0.4 is 38.9 Å². The second-order valence-electron chi connectivity index (χ2n) is 8.72. The second kappa shape index (κ2) is 17.6. The maximum atomic E-state index is 13.1. The molecule has 0 aromatic heterocycles. The monoisotopic (exact) mass is 566 g/mol. The summed E-state index contributed by atoms with van der Waals surface area (Å²) in [6, 6.07) is 4.13. The third-order valence-electron chi connectivity index (χ3n) is 5.48. The van der Waals surface area contributed by atoms with E-state index in [1.54, 1.807) is 30.5 Å². The van der Waals surface area contributed by atoms with E-state index in [0.717, 1.165) is 5.56 Å². The van der Waals surface area contributed by atoms with Gasteiger partial charge in [0.1, 0.15) is 18.1 Å². The highest BCUT2D eigenvalue weighted by Gasteiger charge is 2.31. The van der Waals surface area contributed by atoms with E-state index in [9.17, 15) is 29.1 Å². The lowest BCUT2D eigenvalue weighted by Crippen LogP contribution is -2.58. The molecule has 0 saturated heterocycles. The van der Waals surface area contributed by atoms with Gasteiger partial charge in [-0.3, -0.25) is 24.2 Å². The maximum absolute atomic E-state index is 13.1. The number of guanidine groups is 1. The zero-order chi connectivity index (χ0) is 29.4. The summed E-state index contributed by atoms with van der Waals surface area (Å²) in [5.41, 5.74) is 22.7. The molecule has 0 aliphatic heterocycles. The molecule has 4 amide bonds. The number of rotatable bonds is 18. The Morgan fingerprint density at radius 3 is 2.05 bits per heavy atom. The minimum Gasteiger partial charge on any atom is -0.480 e. The molecule has 0 bridgehead atoms. The lowest BCUT2D eigenvalue weighted by Gasteiger charge is -2.25. The smallest absolute Gasteiger partial charge is 0.326 e. The summed E-state index contributed by atoms with van der Waals surface area (Å²) < 4.78 is 0. The SMILES string of the molecule is CSCCC(NC(=O)C(CCCN=C(N)N)NC(=O)C(CC(N)=O)NC(=O)C(N)Cc1ccccc1)C(=O)O. The highest BCUT2D eigenvalue weighted by atomic mass is 32.2. The first-order chi connectivity index (χ1) is 18.4. The first-order valence-corrected chi connectivity index (χ1v) is 13.6. The molecule has 0 saturated carbocycles. The minimum atomic E-state index is -1.42. The van der Waals surface area contributed by atoms with Crippen molar-refractivity contribution in [3.05, 3.63) is 35.9 Å². The van der Waals surface area contributed by atoms with Crippen LogP contribution in [-0.4, -0.2) is 83.4 Å². The van der Waals surface area contributed by atoms with Crippen molar-refractivity contribution in [3.63, 3.8) is 0 Å². The Hall–Kier alpha value is -3.85. The number of nitrogens with zero attached hydrogens (tertiary/aromatic N) is 1. The van der Waals surface area contributed by atoms with Crippen LogP contribution in [0.1, 0.15) is 31.2 Å². The number of benzene rings is 1. The van der Waals surface area contributed by atoms with Crippen LogP contribution in [0.25, 0.3) is 0 Å². The molecule has 0 radical (unpaired) electrons. The van der Waals surface area contributed by atoms with Crippen LogP contribution >= 0.6 is 11.8 Å². The van der Waals surface area contributed by atoms with E-state index < -0.39 is 60.2 Å². The van der Waals surface area contributed by atoms with Crippen LogP contribution in [0, 0.1) is 0 Å². The molecule has 0 heterocycles. The minimum absolute atomic E-state index is 0.0357. The van der Waals surface area contributed by atoms with Crippen molar-refractivity contribution in [2.45, 2.75) is 56.3 Å². The summed E-state index contributed by atoms with van der Waals surface area (Å²) in [6.07, 6.45) is 1.88. The molecule has 12 N–H and O–H groups in total. The average molecular weight is 567 g/mol. The van der Waals surface area contributed by atoms with Gasteiger partial charge < -0.3 is 44.0 Å². The van der Waals surface area contributed by atoms with Crippen molar-refractivity contribution in [3.8, 4) is 0 Å². The van der Waals surface area contributed by atoms with E-state index >= 15 is 0 Å². The van der Waals surface area contributed by atoms with Crippen molar-refractivity contribution >= 4 is 47.3 Å². The molecular formula is C24H38N8O6S. The Morgan fingerprint density at radius 1 is 0.897 bits per heavy atom. The fraction of sp³-hybridized carbons (Fsp3) is 0.500. The Balaban J connectivity index is 3.01. The van der Waals surface area contributed by atoms with Gasteiger partial charge in [0, 0.05) is 6.54 Å². The van der Waals surface area contributed by atoms with E-state index in [1.807, 2.05) is 6.07 Å². The zero-order valence-corrected chi connectivity index (χ0v) is 22.6. The van der Waals surface area contributed by atoms with Crippen molar-refractivity contribution in [2.75, 3.05) is 18.6 Å². The van der Waals surface area contributed by atoms with Crippen molar-refractivity contribution in [1.82, 2.24) is 16.0 Å². The third-order valence-corrected chi connectivity index (χ3v) is 6.12. The van der Waals surface area contributed by atoms with Crippen molar-refractivity contribution in [1.29, 1.82) is 0 Å². The van der Waals surface area contributed by atoms with Crippen LogP contribution in [0.3, 0.4) is 0 Å². The summed E-state index contributed by atoms with van der Waals surface area (Å²) in [4.78, 5) is 65.9. The standard InChI is InChI=1S/C24H38N8O6S/c1-39-11-9-17(23(37)38)31-21(35)16(8-5-10-29-24(27)28)30-22(36)18(13-19(26)33)32-20(34)15(25)12-14-6-3-2-4-7-14/h2-4,6-7,15-18H,5,8-13,25H2,1H3,(H2,26,33)(H,30,36)(H,31,35)(H,32,34)(H,37,38)(H4,27,28,29). The van der Waals surface area contributed by atoms with Gasteiger partial charge in [0.25, 0.3) is 0 Å². The number of thioether (sulfide) groups is 1. The first kappa shape index (κ1) is 33.2. The maximum Gasteiger partial charge on any atom is 0.326 e. The van der Waals surface area contributed by atoms with Gasteiger partial charge in [-0.25, -0.2) is 4.79 Å². The molecule has 15 heteroatoms. The van der Waals surface area contributed by atoms with Crippen LogP contribution in [-0.2, 0) is 30.4 Å². The van der Waals surface area contributed by atoms with Gasteiger partial charge in [0.2, 0.25) is 23.6 Å². The van der Waals surface area contributed by atoms with E-state index in [-0.39, 0.29) is 38.2 Å². The number of carboxylic acids is 1. The number of carboxylic acid groups (broad SMARTS) is 1. The first-order valence-electron chi connectivity index (χ1n) is 12.2. The second-order valence-corrected chi connectivity index (χ2v) is 9.70. The van der Waals surface area contributed by atoms with Gasteiger partial charge in [-0.1, -0.05) is 30.3 Å². The molecule has 1 aromatic carbocycles. The molecule has 1 aromatic rings. The van der Waals surface area contributed by atoms with E-state index in [1.165, 1.54) is 11.8 Å². The molecule has 4 atom stereocenters. The number of hydrogen-bond donors (Lipinski definition) is 8. The number of aliphatic carboxylic acids is 1. The molecule has 0 aliphatic rings. The largest absolute Gasteiger partial charge is 0.480 e. The van der Waals surface area contributed by atoms with Crippen LogP contribution in [0.15, 0.2) is 35.3 Å². The topological polar surface area (TPSA) is 258 Å². The van der Waals surface area contributed by atoms with Gasteiger partial charge in [0.15, 0.2) is 5.96 Å². The number of nitrogens with two attached hydrogens (primary N) is 4. The summed E-state index contributed by atoms with van der Waals surface area (Å²) >= 11 is 1.41. The molecular weight excluding hydrogens is 528 g/mol. The number of amides is 4. The zero-order valence-electron chi connectivity index (χ0n) is 21.8. The third kappa shape index (κ3) is 13.5. The molecule has 0 spiro atoms. The molecule has 39 heavy (non-hydrogen) atoms. The number of primary amides is 1. The number of aliphatic imine (C=N–C) groups is 1. The van der Waals surface area contributed by atoms with E-state index in [4.69, 9.17) is 22.9 Å². The van der Waals surface area contributed by atoms with Crippen LogP contribution in [0.5, 0.6) is 0 Å². The lowest BCUT2D eigenvalue weighted by molar-refractivity contribution is -0.142. The molecule has 216 valence electrons. The number of hydrogen-bond acceptors (Lipinski definition) is 8. The predicted octanol–water partition coefficient (Wildman–Crippen LogP) is -2.22. The van der Waals surface area contributed by atoms with Crippen molar-refractivity contribution < 1.29 is 29.1 Å². The number of nitrogens with one attached hydrogen (secondary N) is 3. The Bertz CT molecular complexity index is 1010. The van der Waals surface area contributed by atoms with Gasteiger partial charge >= 0.3 is 5.97 Å². The molecule has 1 rings (SSSR count). The Morgan fingerprint density at radius 2 is 1.49 bits per heavy atom. The van der Waals surface area contributed by atoms with E-state index in [2.05, 4.69) is 20.9 Å². The van der Waals surface area contributed by atoms with E-state index in [0.29, 0.717) is 5.75 Å². The van der Waals surface area contributed by atoms with Gasteiger partial charge in [-0.05, 0) is 43.3 Å². The van der Waals surface area contributed by atoms with Crippen LogP contribution in [0.4, 0.5) is 0 Å². The number of carbonyl (C=O) groups is 5. The van der Waals surface area contributed by atoms with Crippen LogP contribution in [0.2, 0.25) is 0 Å². The van der Waals surface area contributed by atoms with Gasteiger partial charge in [-0.15, -0.1) is 0 Å². The summed E-state index contributed by atoms with van der Waals surface area (Å²) in [5, 5.41) is 16.8. The molecule has 0 aliphatic carbocycles. The Labute approximate surface area is 231 Å². The molecule has 14 nitrogen and oxygen atoms in total. The predicted molar refractivity (Wildman–Crippen MR) is 148 cm³/mol. The fourth-order valence-corrected chi connectivity index (χ4v) is 3.93. The quantitative estimate of drug-likeness (QED) is 0.0539. The molecule has 4 unspecified atom stereocenters. The van der Waals surface area contributed by atoms with Crippen molar-refractivity contribution in [2.24, 2.45) is 27.9 Å². The van der Waals surface area contributed by atoms with Gasteiger partial charge in [0.05, 0.1) is 12.5 Å². The highest BCUT2D eigenvalue weighted by molar-refractivity contribution is 7.98. The lowest BCUT2D eigenvalue weighted by atomic mass is 10.0. The number of carbonyl (C=O) groups excluding carboxylic acids is 4. The summed E-state index contributed by atoms with van der Waals surface area (Å²) in [5.74, 6) is -4.10. The molecule has 0 fully saturated rings. The summed E-state index contributed by atoms with van der Waals surface area (Å²) in [6.45, 7) is 0.145. The fourth-order valence-electron chi connectivity index (χ4n) is 3.46. The summed E-state index contributed by atoms with van der Waals surface area (Å²) in [7, 11) is 0. The normalized spacial score (nSPS) is 13.7. The highest BCUT2D eigenvalue weighted by Crippen LogP contribution is 2.06. The van der Waals surface area contributed by atoms with Gasteiger partial charge in [-0.2, -0.15) is 11.8 Å². The average Bonchev–Trinajstić information content (AvgIpc) is 2.87.